The first-order valence-corrected chi connectivity index (χ1v) is 7.00. The fourth-order valence-corrected chi connectivity index (χ4v) is 2.80. The summed E-state index contributed by atoms with van der Waals surface area (Å²) in [5.41, 5.74) is -0.503. The molecule has 0 saturated heterocycles. The van der Waals surface area contributed by atoms with Gasteiger partial charge in [0.15, 0.2) is 0 Å². The Labute approximate surface area is 119 Å². The number of rotatable bonds is 3. The van der Waals surface area contributed by atoms with E-state index in [4.69, 9.17) is 0 Å². The van der Waals surface area contributed by atoms with E-state index in [9.17, 15) is 14.4 Å². The van der Waals surface area contributed by atoms with Crippen molar-refractivity contribution in [3.05, 3.63) is 34.1 Å². The summed E-state index contributed by atoms with van der Waals surface area (Å²) >= 11 is 3.26. The number of nitrogens with zero attached hydrogens (tertiary/aromatic N) is 1. The first-order valence-electron chi connectivity index (χ1n) is 6.21. The summed E-state index contributed by atoms with van der Waals surface area (Å²) in [5.74, 6) is -0.646. The Bertz CT molecular complexity index is 533. The van der Waals surface area contributed by atoms with Crippen LogP contribution in [-0.2, 0) is 11.3 Å². The fraction of sp³-hybridized carbons (Fsp3) is 0.429. The third-order valence-electron chi connectivity index (χ3n) is 3.55. The molecule has 0 atom stereocenters. The first-order chi connectivity index (χ1) is 9.07. The number of nitriles is 1. The molecule has 100 valence electrons. The molecule has 0 unspecified atom stereocenters. The van der Waals surface area contributed by atoms with Gasteiger partial charge in [0, 0.05) is 16.6 Å². The average molecular weight is 325 g/mol. The van der Waals surface area contributed by atoms with E-state index in [1.54, 1.807) is 12.1 Å². The van der Waals surface area contributed by atoms with Crippen LogP contribution in [-0.4, -0.2) is 5.91 Å². The van der Waals surface area contributed by atoms with Crippen LogP contribution in [0.1, 0.15) is 31.2 Å². The quantitative estimate of drug-likeness (QED) is 0.927. The van der Waals surface area contributed by atoms with Crippen LogP contribution in [0.25, 0.3) is 0 Å². The number of benzene rings is 1. The van der Waals surface area contributed by atoms with Gasteiger partial charge in [-0.05, 0) is 31.0 Å². The average Bonchev–Trinajstić information content (AvgIpc) is 2.89. The monoisotopic (exact) mass is 324 g/mol. The maximum absolute atomic E-state index is 13.5. The lowest BCUT2D eigenvalue weighted by molar-refractivity contribution is -0.128. The Morgan fingerprint density at radius 2 is 2.16 bits per heavy atom. The topological polar surface area (TPSA) is 52.9 Å². The number of hydrogen-bond donors (Lipinski definition) is 1. The number of amides is 1. The van der Waals surface area contributed by atoms with E-state index >= 15 is 0 Å². The van der Waals surface area contributed by atoms with Crippen molar-refractivity contribution < 1.29 is 9.18 Å². The van der Waals surface area contributed by atoms with E-state index in [1.807, 2.05) is 0 Å². The number of halogens is 2. The van der Waals surface area contributed by atoms with E-state index < -0.39 is 5.41 Å². The van der Waals surface area contributed by atoms with E-state index in [0.717, 1.165) is 17.3 Å². The van der Waals surface area contributed by atoms with Crippen LogP contribution in [0.5, 0.6) is 0 Å². The van der Waals surface area contributed by atoms with Gasteiger partial charge in [0.05, 0.1) is 6.07 Å². The largest absolute Gasteiger partial charge is 0.351 e. The lowest BCUT2D eigenvalue weighted by Gasteiger charge is -2.19. The Balaban J connectivity index is 2.04. The summed E-state index contributed by atoms with van der Waals surface area (Å²) in [6, 6.07) is 6.71. The fourth-order valence-electron chi connectivity index (χ4n) is 2.39. The molecule has 1 fully saturated rings. The van der Waals surface area contributed by atoms with Crippen LogP contribution >= 0.6 is 15.9 Å². The van der Waals surface area contributed by atoms with Crippen molar-refractivity contribution in [1.29, 1.82) is 5.26 Å². The van der Waals surface area contributed by atoms with Gasteiger partial charge in [-0.3, -0.25) is 4.79 Å². The van der Waals surface area contributed by atoms with Crippen LogP contribution in [0.2, 0.25) is 0 Å². The van der Waals surface area contributed by atoms with Gasteiger partial charge >= 0.3 is 0 Å². The third kappa shape index (κ3) is 2.95. The van der Waals surface area contributed by atoms with Gasteiger partial charge in [-0.1, -0.05) is 28.8 Å². The third-order valence-corrected chi connectivity index (χ3v) is 4.05. The van der Waals surface area contributed by atoms with Gasteiger partial charge in [-0.2, -0.15) is 5.26 Å². The highest BCUT2D eigenvalue weighted by molar-refractivity contribution is 9.10. The van der Waals surface area contributed by atoms with Crippen molar-refractivity contribution in [1.82, 2.24) is 5.32 Å². The Kier molecular flexibility index (Phi) is 4.20. The molecular weight excluding hydrogens is 311 g/mol. The molecule has 0 spiro atoms. The van der Waals surface area contributed by atoms with Crippen LogP contribution in [0.3, 0.4) is 0 Å². The van der Waals surface area contributed by atoms with Gasteiger partial charge in [0.2, 0.25) is 5.91 Å². The van der Waals surface area contributed by atoms with Gasteiger partial charge in [0.1, 0.15) is 11.2 Å². The molecule has 1 aliphatic carbocycles. The second kappa shape index (κ2) is 5.70. The van der Waals surface area contributed by atoms with Gasteiger partial charge in [-0.25, -0.2) is 4.39 Å². The zero-order valence-corrected chi connectivity index (χ0v) is 12.0. The molecule has 1 N–H and O–H groups in total. The molecule has 5 heteroatoms. The predicted octanol–water partition coefficient (Wildman–Crippen LogP) is 3.29. The molecule has 1 amide bonds. The maximum Gasteiger partial charge on any atom is 0.240 e. The molecule has 1 aromatic carbocycles. The van der Waals surface area contributed by atoms with Gasteiger partial charge in [0.25, 0.3) is 0 Å². The molecule has 1 saturated carbocycles. The van der Waals surface area contributed by atoms with Gasteiger partial charge in [-0.15, -0.1) is 0 Å². The number of hydrogen-bond acceptors (Lipinski definition) is 2. The zero-order valence-electron chi connectivity index (χ0n) is 10.4. The molecule has 0 radical (unpaired) electrons. The highest BCUT2D eigenvalue weighted by Gasteiger charge is 2.41. The molecular formula is C14H14BrFN2O. The molecule has 19 heavy (non-hydrogen) atoms. The van der Waals surface area contributed by atoms with Crippen molar-refractivity contribution >= 4 is 21.8 Å². The van der Waals surface area contributed by atoms with Crippen LogP contribution < -0.4 is 5.32 Å². The van der Waals surface area contributed by atoms with Crippen molar-refractivity contribution in [3.63, 3.8) is 0 Å². The summed E-state index contributed by atoms with van der Waals surface area (Å²) in [5, 5.41) is 11.9. The maximum atomic E-state index is 13.5. The van der Waals surface area contributed by atoms with E-state index in [1.165, 1.54) is 6.07 Å². The SMILES string of the molecule is N#CC1(C(=O)NCc2cc(Br)ccc2F)CCCC1. The molecule has 2 rings (SSSR count). The summed E-state index contributed by atoms with van der Waals surface area (Å²) in [6.07, 6.45) is 2.98. The molecule has 3 nitrogen and oxygen atoms in total. The van der Waals surface area contributed by atoms with E-state index in [2.05, 4.69) is 27.3 Å². The smallest absolute Gasteiger partial charge is 0.240 e. The van der Waals surface area contributed by atoms with Gasteiger partial charge < -0.3 is 5.32 Å². The lowest BCUT2D eigenvalue weighted by Crippen LogP contribution is -2.38. The normalized spacial score (nSPS) is 16.9. The first kappa shape index (κ1) is 14.0. The Hall–Kier alpha value is -1.41. The van der Waals surface area contributed by atoms with Crippen molar-refractivity contribution in [2.75, 3.05) is 0 Å². The second-order valence-electron chi connectivity index (χ2n) is 4.82. The molecule has 0 bridgehead atoms. The van der Waals surface area contributed by atoms with E-state index in [0.29, 0.717) is 18.4 Å². The number of carbonyl (C=O) groups excluding carboxylic acids is 1. The summed E-state index contributed by atoms with van der Waals surface area (Å²) < 4.78 is 14.3. The minimum absolute atomic E-state index is 0.105. The van der Waals surface area contributed by atoms with Crippen LogP contribution in [0.4, 0.5) is 4.39 Å². The van der Waals surface area contributed by atoms with E-state index in [-0.39, 0.29) is 18.3 Å². The molecule has 1 aromatic rings. The summed E-state index contributed by atoms with van der Waals surface area (Å²) in [6.45, 7) is 0.105. The van der Waals surface area contributed by atoms with Crippen molar-refractivity contribution in [2.45, 2.75) is 32.2 Å². The Morgan fingerprint density at radius 1 is 1.47 bits per heavy atom. The van der Waals surface area contributed by atoms with Crippen molar-refractivity contribution in [3.8, 4) is 6.07 Å². The van der Waals surface area contributed by atoms with Crippen molar-refractivity contribution in [2.24, 2.45) is 5.41 Å². The van der Waals surface area contributed by atoms with Crippen LogP contribution in [0, 0.1) is 22.6 Å². The molecule has 0 heterocycles. The Morgan fingerprint density at radius 3 is 2.79 bits per heavy atom. The number of carbonyl (C=O) groups is 1. The minimum atomic E-state index is -0.914. The molecule has 1 aliphatic rings. The minimum Gasteiger partial charge on any atom is -0.351 e. The zero-order chi connectivity index (χ0) is 13.9. The standard InChI is InChI=1S/C14H14BrFN2O/c15-11-3-4-12(16)10(7-11)8-18-13(19)14(9-17)5-1-2-6-14/h3-4,7H,1-2,5-6,8H2,(H,18,19). The summed E-state index contributed by atoms with van der Waals surface area (Å²) in [4.78, 5) is 12.1. The highest BCUT2D eigenvalue weighted by Crippen LogP contribution is 2.37. The summed E-state index contributed by atoms with van der Waals surface area (Å²) in [7, 11) is 0. The van der Waals surface area contributed by atoms with Crippen LogP contribution in [0.15, 0.2) is 22.7 Å². The second-order valence-corrected chi connectivity index (χ2v) is 5.74. The molecule has 0 aliphatic heterocycles. The lowest BCUT2D eigenvalue weighted by atomic mass is 9.87. The predicted molar refractivity (Wildman–Crippen MR) is 72.5 cm³/mol. The highest BCUT2D eigenvalue weighted by atomic mass is 79.9. The number of nitrogens with one attached hydrogen (secondary N) is 1. The molecule has 0 aromatic heterocycles.